The van der Waals surface area contributed by atoms with E-state index in [1.54, 1.807) is 0 Å². The zero-order chi connectivity index (χ0) is 17.3. The second kappa shape index (κ2) is 6.36. The summed E-state index contributed by atoms with van der Waals surface area (Å²) in [6.45, 7) is 3.95. The largest absolute Gasteiger partial charge is 0.468 e. The molecule has 1 atom stereocenters. The van der Waals surface area contributed by atoms with E-state index in [0.29, 0.717) is 5.75 Å². The van der Waals surface area contributed by atoms with E-state index in [-0.39, 0.29) is 5.97 Å². The molecule has 1 heterocycles. The Labute approximate surface area is 147 Å². The highest BCUT2D eigenvalue weighted by molar-refractivity contribution is 7.80. The molecule has 0 aliphatic carbocycles. The fourth-order valence-corrected chi connectivity index (χ4v) is 3.65. The summed E-state index contributed by atoms with van der Waals surface area (Å²) >= 11 is 4.48. The van der Waals surface area contributed by atoms with Gasteiger partial charge in [-0.25, -0.2) is 0 Å². The van der Waals surface area contributed by atoms with Crippen LogP contribution in [0.3, 0.4) is 0 Å². The molecule has 0 aliphatic rings. The molecule has 4 heteroatoms. The number of para-hydroxylation sites is 2. The number of hydrogen-bond donors (Lipinski definition) is 1. The number of thiol groups is 1. The molecule has 3 aromatic rings. The Morgan fingerprint density at radius 1 is 1.12 bits per heavy atom. The molecule has 1 aromatic heterocycles. The number of esters is 1. The fraction of sp³-hybridized carbons (Fsp3) is 0.250. The van der Waals surface area contributed by atoms with E-state index in [1.165, 1.54) is 7.11 Å². The van der Waals surface area contributed by atoms with Crippen molar-refractivity contribution < 1.29 is 9.53 Å². The predicted molar refractivity (Wildman–Crippen MR) is 101 cm³/mol. The molecule has 0 radical (unpaired) electrons. The van der Waals surface area contributed by atoms with Gasteiger partial charge in [0.15, 0.2) is 0 Å². The molecule has 24 heavy (non-hydrogen) atoms. The zero-order valence-corrected chi connectivity index (χ0v) is 15.0. The number of carbonyl (C=O) groups is 1. The zero-order valence-electron chi connectivity index (χ0n) is 14.1. The van der Waals surface area contributed by atoms with Gasteiger partial charge in [-0.1, -0.05) is 36.4 Å². The van der Waals surface area contributed by atoms with Gasteiger partial charge in [-0.3, -0.25) is 4.79 Å². The monoisotopic (exact) mass is 339 g/mol. The fourth-order valence-electron chi connectivity index (χ4n) is 3.37. The molecular weight excluding hydrogens is 318 g/mol. The highest BCUT2D eigenvalue weighted by Crippen LogP contribution is 2.38. The molecule has 0 bridgehead atoms. The molecule has 3 rings (SSSR count). The van der Waals surface area contributed by atoms with Crippen molar-refractivity contribution in [3.8, 4) is 5.69 Å². The van der Waals surface area contributed by atoms with E-state index in [1.807, 2.05) is 49.4 Å². The van der Waals surface area contributed by atoms with Gasteiger partial charge in [0.25, 0.3) is 0 Å². The number of methoxy groups -OCH3 is 1. The van der Waals surface area contributed by atoms with Crippen LogP contribution in [0.25, 0.3) is 16.6 Å². The number of aryl methyl sites for hydroxylation is 1. The summed E-state index contributed by atoms with van der Waals surface area (Å²) in [5.74, 6) is 0.0875. The van der Waals surface area contributed by atoms with Crippen LogP contribution < -0.4 is 0 Å². The number of carbonyl (C=O) groups excluding carboxylic acids is 1. The van der Waals surface area contributed by atoms with Crippen LogP contribution in [-0.2, 0) is 14.9 Å². The number of aromatic nitrogens is 1. The molecule has 124 valence electrons. The van der Waals surface area contributed by atoms with Gasteiger partial charge in [0, 0.05) is 22.5 Å². The Hall–Kier alpha value is -2.20. The maximum absolute atomic E-state index is 12.6. The summed E-state index contributed by atoms with van der Waals surface area (Å²) in [4.78, 5) is 12.6. The third kappa shape index (κ3) is 2.42. The molecule has 0 spiro atoms. The van der Waals surface area contributed by atoms with E-state index >= 15 is 0 Å². The lowest BCUT2D eigenvalue weighted by molar-refractivity contribution is -0.146. The first kappa shape index (κ1) is 16.7. The average Bonchev–Trinajstić information content (AvgIpc) is 2.94. The predicted octanol–water partition coefficient (Wildman–Crippen LogP) is 4.30. The molecule has 0 fully saturated rings. The lowest BCUT2D eigenvalue weighted by Crippen LogP contribution is -2.38. The van der Waals surface area contributed by atoms with Crippen LogP contribution in [0.2, 0.25) is 0 Å². The van der Waals surface area contributed by atoms with Crippen LogP contribution >= 0.6 is 12.6 Å². The topological polar surface area (TPSA) is 31.2 Å². The SMILES string of the molecule is COC(=O)C(C)(CS)c1c(C)c2ccccc2n1-c1ccccc1. The van der Waals surface area contributed by atoms with Crippen molar-refractivity contribution >= 4 is 29.5 Å². The average molecular weight is 339 g/mol. The smallest absolute Gasteiger partial charge is 0.318 e. The number of rotatable bonds is 4. The standard InChI is InChI=1S/C20H21NO2S/c1-14-16-11-7-8-12-17(16)21(15-9-5-4-6-10-15)18(14)20(2,13-24)19(22)23-3/h4-12,24H,13H2,1-3H3. The molecule has 0 N–H and O–H groups in total. The van der Waals surface area contributed by atoms with Gasteiger partial charge in [0.2, 0.25) is 0 Å². The maximum Gasteiger partial charge on any atom is 0.318 e. The van der Waals surface area contributed by atoms with Crippen molar-refractivity contribution in [2.45, 2.75) is 19.3 Å². The highest BCUT2D eigenvalue weighted by Gasteiger charge is 2.40. The van der Waals surface area contributed by atoms with Crippen LogP contribution in [0.4, 0.5) is 0 Å². The van der Waals surface area contributed by atoms with Crippen LogP contribution in [0.15, 0.2) is 54.6 Å². The Balaban J connectivity index is 2.43. The minimum atomic E-state index is -0.837. The lowest BCUT2D eigenvalue weighted by Gasteiger charge is -2.28. The Morgan fingerprint density at radius 2 is 1.75 bits per heavy atom. The van der Waals surface area contributed by atoms with E-state index < -0.39 is 5.41 Å². The van der Waals surface area contributed by atoms with Crippen molar-refractivity contribution in [3.05, 3.63) is 65.9 Å². The minimum Gasteiger partial charge on any atom is -0.468 e. The molecule has 1 unspecified atom stereocenters. The van der Waals surface area contributed by atoms with Crippen LogP contribution in [0, 0.1) is 6.92 Å². The Morgan fingerprint density at radius 3 is 2.38 bits per heavy atom. The lowest BCUT2D eigenvalue weighted by atomic mass is 9.86. The summed E-state index contributed by atoms with van der Waals surface area (Å²) in [7, 11) is 1.43. The van der Waals surface area contributed by atoms with E-state index in [9.17, 15) is 4.79 Å². The Bertz CT molecular complexity index is 885. The second-order valence-electron chi connectivity index (χ2n) is 6.14. The normalized spacial score (nSPS) is 13.7. The van der Waals surface area contributed by atoms with Crippen molar-refractivity contribution in [1.82, 2.24) is 4.57 Å². The number of hydrogen-bond acceptors (Lipinski definition) is 3. The highest BCUT2D eigenvalue weighted by atomic mass is 32.1. The first-order chi connectivity index (χ1) is 11.5. The molecule has 0 amide bonds. The number of benzene rings is 2. The summed E-state index contributed by atoms with van der Waals surface area (Å²) in [6, 6.07) is 18.3. The maximum atomic E-state index is 12.6. The molecule has 2 aromatic carbocycles. The summed E-state index contributed by atoms with van der Waals surface area (Å²) in [6.07, 6.45) is 0. The third-order valence-electron chi connectivity index (χ3n) is 4.62. The number of ether oxygens (including phenoxy) is 1. The van der Waals surface area contributed by atoms with E-state index in [4.69, 9.17) is 4.74 Å². The van der Waals surface area contributed by atoms with E-state index in [0.717, 1.165) is 27.8 Å². The quantitative estimate of drug-likeness (QED) is 0.567. The molecular formula is C20H21NO2S. The minimum absolute atomic E-state index is 0.277. The summed E-state index contributed by atoms with van der Waals surface area (Å²) < 4.78 is 7.25. The van der Waals surface area contributed by atoms with Gasteiger partial charge < -0.3 is 9.30 Å². The summed E-state index contributed by atoms with van der Waals surface area (Å²) in [5, 5.41) is 1.13. The molecule has 0 saturated heterocycles. The molecule has 0 saturated carbocycles. The van der Waals surface area contributed by atoms with Crippen molar-refractivity contribution in [2.75, 3.05) is 12.9 Å². The van der Waals surface area contributed by atoms with Crippen molar-refractivity contribution in [1.29, 1.82) is 0 Å². The third-order valence-corrected chi connectivity index (χ3v) is 5.25. The summed E-state index contributed by atoms with van der Waals surface area (Å²) in [5.41, 5.74) is 3.27. The van der Waals surface area contributed by atoms with Crippen LogP contribution in [0.1, 0.15) is 18.2 Å². The van der Waals surface area contributed by atoms with Gasteiger partial charge in [-0.05, 0) is 37.6 Å². The number of fused-ring (bicyclic) bond motifs is 1. The van der Waals surface area contributed by atoms with Gasteiger partial charge in [0.1, 0.15) is 5.41 Å². The van der Waals surface area contributed by atoms with Gasteiger partial charge in [0.05, 0.1) is 12.6 Å². The second-order valence-corrected chi connectivity index (χ2v) is 6.46. The van der Waals surface area contributed by atoms with Crippen LogP contribution in [-0.4, -0.2) is 23.4 Å². The first-order valence-corrected chi connectivity index (χ1v) is 8.53. The van der Waals surface area contributed by atoms with Crippen molar-refractivity contribution in [2.24, 2.45) is 0 Å². The van der Waals surface area contributed by atoms with Crippen molar-refractivity contribution in [3.63, 3.8) is 0 Å². The van der Waals surface area contributed by atoms with E-state index in [2.05, 4.69) is 36.3 Å². The Kier molecular flexibility index (Phi) is 4.41. The number of nitrogens with zero attached hydrogens (tertiary/aromatic N) is 1. The first-order valence-electron chi connectivity index (χ1n) is 7.90. The molecule has 3 nitrogen and oxygen atoms in total. The van der Waals surface area contributed by atoms with Gasteiger partial charge in [-0.2, -0.15) is 12.6 Å². The van der Waals surface area contributed by atoms with Crippen LogP contribution in [0.5, 0.6) is 0 Å². The van der Waals surface area contributed by atoms with Gasteiger partial charge >= 0.3 is 5.97 Å². The van der Waals surface area contributed by atoms with Gasteiger partial charge in [-0.15, -0.1) is 0 Å². The molecule has 0 aliphatic heterocycles.